The van der Waals surface area contributed by atoms with Crippen molar-refractivity contribution in [3.05, 3.63) is 72.0 Å². The molecule has 1 aliphatic carbocycles. The molecule has 0 saturated carbocycles. The van der Waals surface area contributed by atoms with Crippen molar-refractivity contribution in [1.82, 2.24) is 4.98 Å². The van der Waals surface area contributed by atoms with E-state index in [1.54, 1.807) is 0 Å². The first-order valence-corrected chi connectivity index (χ1v) is 6.81. The fourth-order valence-electron chi connectivity index (χ4n) is 2.46. The fourth-order valence-corrected chi connectivity index (χ4v) is 2.46. The van der Waals surface area contributed by atoms with Crippen molar-refractivity contribution in [2.45, 2.75) is 19.8 Å². The molecule has 0 fully saturated rings. The second kappa shape index (κ2) is 5.23. The van der Waals surface area contributed by atoms with Gasteiger partial charge in [-0.2, -0.15) is 0 Å². The lowest BCUT2D eigenvalue weighted by Gasteiger charge is -2.08. The number of rotatable bonds is 2. The van der Waals surface area contributed by atoms with Crippen LogP contribution in [0, 0.1) is 0 Å². The first-order chi connectivity index (χ1) is 9.38. The van der Waals surface area contributed by atoms with E-state index in [-0.39, 0.29) is 0 Å². The summed E-state index contributed by atoms with van der Waals surface area (Å²) in [7, 11) is 0. The molecule has 2 aromatic rings. The zero-order valence-corrected chi connectivity index (χ0v) is 11.1. The van der Waals surface area contributed by atoms with Crippen molar-refractivity contribution in [1.29, 1.82) is 0 Å². The van der Waals surface area contributed by atoms with Gasteiger partial charge in [-0.15, -0.1) is 0 Å². The summed E-state index contributed by atoms with van der Waals surface area (Å²) >= 11 is 0. The third-order valence-corrected chi connectivity index (χ3v) is 3.48. The van der Waals surface area contributed by atoms with Gasteiger partial charge in [-0.3, -0.25) is 0 Å². The number of allylic oxidation sites excluding steroid dienone is 6. The Bertz CT molecular complexity index is 690. The van der Waals surface area contributed by atoms with Crippen molar-refractivity contribution in [2.24, 2.45) is 0 Å². The van der Waals surface area contributed by atoms with Gasteiger partial charge < -0.3 is 0 Å². The maximum atomic E-state index is 4.80. The Hall–Kier alpha value is -2.15. The molecule has 1 aromatic heterocycles. The van der Waals surface area contributed by atoms with Crippen molar-refractivity contribution < 1.29 is 0 Å². The van der Waals surface area contributed by atoms with Crippen LogP contribution in [0.4, 0.5) is 0 Å². The second-order valence-corrected chi connectivity index (χ2v) is 4.72. The van der Waals surface area contributed by atoms with E-state index in [2.05, 4.69) is 67.6 Å². The molecule has 1 aliphatic rings. The maximum Gasteiger partial charge on any atom is 0.0712 e. The number of benzene rings is 1. The van der Waals surface area contributed by atoms with Crippen LogP contribution in [-0.4, -0.2) is 4.98 Å². The van der Waals surface area contributed by atoms with Gasteiger partial charge in [-0.1, -0.05) is 55.5 Å². The van der Waals surface area contributed by atoms with Gasteiger partial charge in [0, 0.05) is 5.39 Å². The smallest absolute Gasteiger partial charge is 0.0712 e. The highest BCUT2D eigenvalue weighted by molar-refractivity contribution is 5.86. The lowest BCUT2D eigenvalue weighted by Crippen LogP contribution is -1.93. The number of pyridine rings is 1. The Morgan fingerprint density at radius 2 is 2.05 bits per heavy atom. The highest BCUT2D eigenvalue weighted by atomic mass is 14.7. The van der Waals surface area contributed by atoms with Crippen molar-refractivity contribution in [2.75, 3.05) is 0 Å². The van der Waals surface area contributed by atoms with Crippen molar-refractivity contribution in [3.8, 4) is 0 Å². The quantitative estimate of drug-likeness (QED) is 0.749. The Morgan fingerprint density at radius 3 is 2.95 bits per heavy atom. The average Bonchev–Trinajstić information content (AvgIpc) is 2.75. The van der Waals surface area contributed by atoms with E-state index in [4.69, 9.17) is 4.98 Å². The van der Waals surface area contributed by atoms with Crippen LogP contribution in [0.15, 0.2) is 60.7 Å². The zero-order valence-electron chi connectivity index (χ0n) is 11.1. The van der Waals surface area contributed by atoms with E-state index < -0.39 is 0 Å². The molecule has 0 atom stereocenters. The molecule has 0 spiro atoms. The SMILES string of the molecule is CCc1cc(C2=CCC=CC=C2)nc2ccccc12. The fraction of sp³-hybridized carbons (Fsp3) is 0.167. The molecule has 0 unspecified atom stereocenters. The minimum absolute atomic E-state index is 0.971. The molecular weight excluding hydrogens is 230 g/mol. The predicted molar refractivity (Wildman–Crippen MR) is 82.0 cm³/mol. The summed E-state index contributed by atoms with van der Waals surface area (Å²) in [6.07, 6.45) is 12.7. The largest absolute Gasteiger partial charge is 0.248 e. The van der Waals surface area contributed by atoms with Crippen LogP contribution < -0.4 is 0 Å². The van der Waals surface area contributed by atoms with Crippen LogP contribution in [0.3, 0.4) is 0 Å². The van der Waals surface area contributed by atoms with Crippen LogP contribution in [0.25, 0.3) is 16.5 Å². The number of aromatic nitrogens is 1. The molecule has 1 nitrogen and oxygen atoms in total. The molecule has 1 heteroatoms. The highest BCUT2D eigenvalue weighted by Gasteiger charge is 2.06. The monoisotopic (exact) mass is 247 g/mol. The Kier molecular flexibility index (Phi) is 3.28. The van der Waals surface area contributed by atoms with Gasteiger partial charge in [0.2, 0.25) is 0 Å². The van der Waals surface area contributed by atoms with Crippen LogP contribution >= 0.6 is 0 Å². The molecule has 0 amide bonds. The van der Waals surface area contributed by atoms with Crippen molar-refractivity contribution >= 4 is 16.5 Å². The van der Waals surface area contributed by atoms with E-state index in [1.807, 2.05) is 0 Å². The van der Waals surface area contributed by atoms with E-state index in [0.29, 0.717) is 0 Å². The summed E-state index contributed by atoms with van der Waals surface area (Å²) in [6, 6.07) is 10.6. The summed E-state index contributed by atoms with van der Waals surface area (Å²) in [5, 5.41) is 1.27. The van der Waals surface area contributed by atoms with Gasteiger partial charge in [0.15, 0.2) is 0 Å². The molecule has 0 bridgehead atoms. The summed E-state index contributed by atoms with van der Waals surface area (Å²) in [5.74, 6) is 0. The zero-order chi connectivity index (χ0) is 13.1. The number of fused-ring (bicyclic) bond motifs is 1. The third kappa shape index (κ3) is 2.37. The maximum absolute atomic E-state index is 4.80. The Balaban J connectivity index is 2.17. The van der Waals surface area contributed by atoms with Gasteiger partial charge in [-0.05, 0) is 36.1 Å². The van der Waals surface area contributed by atoms with Gasteiger partial charge in [-0.25, -0.2) is 4.98 Å². The lowest BCUT2D eigenvalue weighted by atomic mass is 10.0. The van der Waals surface area contributed by atoms with Crippen molar-refractivity contribution in [3.63, 3.8) is 0 Å². The van der Waals surface area contributed by atoms with Crippen LogP contribution in [-0.2, 0) is 6.42 Å². The Labute approximate surface area is 114 Å². The van der Waals surface area contributed by atoms with Gasteiger partial charge >= 0.3 is 0 Å². The molecule has 1 heterocycles. The summed E-state index contributed by atoms with van der Waals surface area (Å²) in [4.78, 5) is 4.80. The summed E-state index contributed by atoms with van der Waals surface area (Å²) in [5.41, 5.74) is 4.75. The van der Waals surface area contributed by atoms with E-state index in [1.165, 1.54) is 16.5 Å². The third-order valence-electron chi connectivity index (χ3n) is 3.48. The number of nitrogens with zero attached hydrogens (tertiary/aromatic N) is 1. The van der Waals surface area contributed by atoms with Crippen LogP contribution in [0.2, 0.25) is 0 Å². The number of hydrogen-bond acceptors (Lipinski definition) is 1. The molecule has 0 saturated heterocycles. The molecule has 19 heavy (non-hydrogen) atoms. The van der Waals surface area contributed by atoms with Gasteiger partial charge in [0.25, 0.3) is 0 Å². The van der Waals surface area contributed by atoms with E-state index in [0.717, 1.165) is 24.1 Å². The molecule has 94 valence electrons. The Morgan fingerprint density at radius 1 is 1.16 bits per heavy atom. The summed E-state index contributed by atoms with van der Waals surface area (Å²) in [6.45, 7) is 2.20. The van der Waals surface area contributed by atoms with E-state index in [9.17, 15) is 0 Å². The van der Waals surface area contributed by atoms with Crippen LogP contribution in [0.5, 0.6) is 0 Å². The molecule has 0 N–H and O–H groups in total. The van der Waals surface area contributed by atoms with Gasteiger partial charge in [0.05, 0.1) is 11.2 Å². The van der Waals surface area contributed by atoms with Crippen LogP contribution in [0.1, 0.15) is 24.6 Å². The van der Waals surface area contributed by atoms with Gasteiger partial charge in [0.1, 0.15) is 0 Å². The van der Waals surface area contributed by atoms with E-state index >= 15 is 0 Å². The normalized spacial score (nSPS) is 14.5. The topological polar surface area (TPSA) is 12.9 Å². The predicted octanol–water partition coefficient (Wildman–Crippen LogP) is 4.70. The molecule has 0 radical (unpaired) electrons. The minimum atomic E-state index is 0.971. The summed E-state index contributed by atoms with van der Waals surface area (Å²) < 4.78 is 0. The minimum Gasteiger partial charge on any atom is -0.248 e. The average molecular weight is 247 g/mol. The lowest BCUT2D eigenvalue weighted by molar-refractivity contribution is 1.14. The number of hydrogen-bond donors (Lipinski definition) is 0. The first kappa shape index (κ1) is 11.9. The first-order valence-electron chi connectivity index (χ1n) is 6.81. The number of para-hydroxylation sites is 1. The molecule has 0 aliphatic heterocycles. The molecule has 1 aromatic carbocycles. The second-order valence-electron chi connectivity index (χ2n) is 4.72. The standard InChI is InChI=1S/C18H17N/c1-2-14-13-18(15-9-5-3-4-6-10-15)19-17-12-8-7-11-16(14)17/h3-5,7-13H,2,6H2,1H3. The molecule has 3 rings (SSSR count). The highest BCUT2D eigenvalue weighted by Crippen LogP contribution is 2.24. The number of aryl methyl sites for hydroxylation is 1. The molecular formula is C18H17N.